The van der Waals surface area contributed by atoms with Crippen LogP contribution in [0.2, 0.25) is 0 Å². The number of nitrogens with zero attached hydrogens (tertiary/aromatic N) is 3. The number of Topliss-reactive ketones (excluding diaryl/α,β-unsaturated/α-hetero) is 1. The van der Waals surface area contributed by atoms with Gasteiger partial charge >= 0.3 is 0 Å². The molecule has 3 heterocycles. The van der Waals surface area contributed by atoms with E-state index in [1.807, 2.05) is 31.2 Å². The molecule has 3 aromatic heterocycles. The molecule has 0 aliphatic carbocycles. The summed E-state index contributed by atoms with van der Waals surface area (Å²) in [5.74, 6) is 0.536. The first-order chi connectivity index (χ1) is 15.9. The number of hydrogen-bond acceptors (Lipinski definition) is 7. The number of carbonyl (C=O) groups is 2. The second kappa shape index (κ2) is 10.1. The van der Waals surface area contributed by atoms with Crippen molar-refractivity contribution in [3.8, 4) is 5.82 Å². The SMILES string of the molecule is CC(=O)NCCc1ccc(C(=O)CSc2nc3ccccc3c(=O)n2-c2ncccc2C)s1. The lowest BCUT2D eigenvalue weighted by Crippen LogP contribution is -2.23. The fourth-order valence-electron chi connectivity index (χ4n) is 3.33. The van der Waals surface area contributed by atoms with Gasteiger partial charge in [-0.1, -0.05) is 30.0 Å². The number of aryl methyl sites for hydroxylation is 1. The van der Waals surface area contributed by atoms with Crippen molar-refractivity contribution < 1.29 is 9.59 Å². The molecule has 0 radical (unpaired) electrons. The van der Waals surface area contributed by atoms with Gasteiger partial charge in [-0.15, -0.1) is 11.3 Å². The van der Waals surface area contributed by atoms with E-state index in [1.165, 1.54) is 34.6 Å². The third-order valence-corrected chi connectivity index (χ3v) is 7.08. The molecule has 4 rings (SSSR count). The molecule has 0 saturated carbocycles. The third kappa shape index (κ3) is 5.20. The van der Waals surface area contributed by atoms with E-state index in [0.29, 0.717) is 39.7 Å². The van der Waals surface area contributed by atoms with Crippen molar-refractivity contribution in [1.29, 1.82) is 0 Å². The molecule has 0 aliphatic heterocycles. The van der Waals surface area contributed by atoms with Crippen LogP contribution >= 0.6 is 23.1 Å². The molecule has 0 atom stereocenters. The van der Waals surface area contributed by atoms with Crippen LogP contribution in [0.25, 0.3) is 16.7 Å². The van der Waals surface area contributed by atoms with Crippen LogP contribution in [0.4, 0.5) is 0 Å². The number of para-hydroxylation sites is 1. The van der Waals surface area contributed by atoms with E-state index >= 15 is 0 Å². The maximum atomic E-state index is 13.3. The summed E-state index contributed by atoms with van der Waals surface area (Å²) >= 11 is 2.65. The van der Waals surface area contributed by atoms with Crippen LogP contribution in [-0.2, 0) is 11.2 Å². The summed E-state index contributed by atoms with van der Waals surface area (Å²) in [6.07, 6.45) is 2.31. The number of ketones is 1. The molecule has 0 spiro atoms. The molecule has 168 valence electrons. The Bertz CT molecular complexity index is 1390. The van der Waals surface area contributed by atoms with E-state index in [2.05, 4.69) is 15.3 Å². The lowest BCUT2D eigenvalue weighted by Gasteiger charge is -2.13. The normalized spacial score (nSPS) is 11.0. The van der Waals surface area contributed by atoms with Crippen molar-refractivity contribution in [2.24, 2.45) is 0 Å². The van der Waals surface area contributed by atoms with E-state index in [1.54, 1.807) is 30.5 Å². The monoisotopic (exact) mass is 478 g/mol. The van der Waals surface area contributed by atoms with Crippen LogP contribution in [0.5, 0.6) is 0 Å². The second-order valence-electron chi connectivity index (χ2n) is 7.41. The summed E-state index contributed by atoms with van der Waals surface area (Å²) in [7, 11) is 0. The Morgan fingerprint density at radius 2 is 1.94 bits per heavy atom. The Balaban J connectivity index is 1.60. The van der Waals surface area contributed by atoms with Crippen LogP contribution in [0.15, 0.2) is 64.7 Å². The van der Waals surface area contributed by atoms with Gasteiger partial charge < -0.3 is 5.32 Å². The van der Waals surface area contributed by atoms with Gasteiger partial charge in [-0.3, -0.25) is 14.4 Å². The van der Waals surface area contributed by atoms with Gasteiger partial charge in [0.05, 0.1) is 21.5 Å². The molecule has 0 aliphatic rings. The maximum absolute atomic E-state index is 13.3. The van der Waals surface area contributed by atoms with Crippen molar-refractivity contribution in [2.75, 3.05) is 12.3 Å². The van der Waals surface area contributed by atoms with Gasteiger partial charge in [0.1, 0.15) is 5.82 Å². The van der Waals surface area contributed by atoms with Crippen molar-refractivity contribution in [2.45, 2.75) is 25.4 Å². The number of benzene rings is 1. The van der Waals surface area contributed by atoms with Gasteiger partial charge in [-0.05, 0) is 49.2 Å². The molecule has 0 unspecified atom stereocenters. The molecule has 0 saturated heterocycles. The number of fused-ring (bicyclic) bond motifs is 1. The van der Waals surface area contributed by atoms with E-state index in [4.69, 9.17) is 0 Å². The average molecular weight is 479 g/mol. The first kappa shape index (κ1) is 22.9. The number of hydrogen-bond donors (Lipinski definition) is 1. The molecule has 33 heavy (non-hydrogen) atoms. The molecule has 0 bridgehead atoms. The highest BCUT2D eigenvalue weighted by Gasteiger charge is 2.18. The predicted molar refractivity (Wildman–Crippen MR) is 132 cm³/mol. The summed E-state index contributed by atoms with van der Waals surface area (Å²) in [5, 5.41) is 3.68. The molecule has 4 aromatic rings. The minimum absolute atomic E-state index is 0.0394. The topological polar surface area (TPSA) is 94.0 Å². The second-order valence-corrected chi connectivity index (χ2v) is 9.52. The lowest BCUT2D eigenvalue weighted by molar-refractivity contribution is -0.118. The summed E-state index contributed by atoms with van der Waals surface area (Å²) in [4.78, 5) is 48.0. The summed E-state index contributed by atoms with van der Waals surface area (Å²) in [6, 6.07) is 14.6. The maximum Gasteiger partial charge on any atom is 0.267 e. The molecular formula is C24H22N4O3S2. The molecule has 7 nitrogen and oxygen atoms in total. The summed E-state index contributed by atoms with van der Waals surface area (Å²) in [5.41, 5.74) is 1.21. The first-order valence-electron chi connectivity index (χ1n) is 10.4. The minimum Gasteiger partial charge on any atom is -0.356 e. The predicted octanol–water partition coefficient (Wildman–Crippen LogP) is 3.80. The highest BCUT2D eigenvalue weighted by atomic mass is 32.2. The number of pyridine rings is 1. The number of rotatable bonds is 8. The minimum atomic E-state index is -0.214. The largest absolute Gasteiger partial charge is 0.356 e. The number of aromatic nitrogens is 3. The van der Waals surface area contributed by atoms with Crippen molar-refractivity contribution in [1.82, 2.24) is 19.9 Å². The van der Waals surface area contributed by atoms with E-state index in [0.717, 1.165) is 10.4 Å². The Kier molecular flexibility index (Phi) is 7.00. The number of nitrogens with one attached hydrogen (secondary N) is 1. The van der Waals surface area contributed by atoms with E-state index < -0.39 is 0 Å². The average Bonchev–Trinajstić information content (AvgIpc) is 3.27. The van der Waals surface area contributed by atoms with Gasteiger partial charge in [-0.2, -0.15) is 0 Å². The van der Waals surface area contributed by atoms with Crippen molar-refractivity contribution in [3.05, 3.63) is 80.4 Å². The summed E-state index contributed by atoms with van der Waals surface area (Å²) in [6.45, 7) is 3.90. The van der Waals surface area contributed by atoms with Crippen molar-refractivity contribution in [3.63, 3.8) is 0 Å². The molecule has 1 amide bonds. The smallest absolute Gasteiger partial charge is 0.267 e. The van der Waals surface area contributed by atoms with Gasteiger partial charge in [-0.25, -0.2) is 14.5 Å². The van der Waals surface area contributed by atoms with Crippen LogP contribution in [0.3, 0.4) is 0 Å². The number of thiophene rings is 1. The zero-order valence-electron chi connectivity index (χ0n) is 18.2. The molecule has 1 N–H and O–H groups in total. The zero-order valence-corrected chi connectivity index (χ0v) is 19.8. The van der Waals surface area contributed by atoms with Crippen LogP contribution in [0.1, 0.15) is 27.0 Å². The Morgan fingerprint density at radius 1 is 1.12 bits per heavy atom. The van der Waals surface area contributed by atoms with Crippen LogP contribution in [0, 0.1) is 6.92 Å². The number of thioether (sulfide) groups is 1. The Hall–Kier alpha value is -3.30. The van der Waals surface area contributed by atoms with Crippen molar-refractivity contribution >= 4 is 45.7 Å². The molecule has 1 aromatic carbocycles. The highest BCUT2D eigenvalue weighted by Crippen LogP contribution is 2.25. The van der Waals surface area contributed by atoms with E-state index in [9.17, 15) is 14.4 Å². The quantitative estimate of drug-likeness (QED) is 0.235. The van der Waals surface area contributed by atoms with Gasteiger partial charge in [0.15, 0.2) is 10.9 Å². The standard InChI is InChI=1S/C24H22N4O3S2/c1-15-6-5-12-26-22(15)28-23(31)18-7-3-4-8-19(18)27-24(28)32-14-20(30)21-10-9-17(33-21)11-13-25-16(2)29/h3-10,12H,11,13-14H2,1-2H3,(H,25,29). The summed E-state index contributed by atoms with van der Waals surface area (Å²) < 4.78 is 1.49. The fourth-order valence-corrected chi connectivity index (χ4v) is 5.25. The van der Waals surface area contributed by atoms with Crippen LogP contribution in [-0.4, -0.2) is 38.5 Å². The zero-order chi connectivity index (χ0) is 23.4. The van der Waals surface area contributed by atoms with Gasteiger partial charge in [0, 0.05) is 24.5 Å². The molecule has 9 heteroatoms. The lowest BCUT2D eigenvalue weighted by atomic mass is 10.2. The van der Waals surface area contributed by atoms with Crippen LogP contribution < -0.4 is 10.9 Å². The highest BCUT2D eigenvalue weighted by molar-refractivity contribution is 7.99. The molecule has 0 fully saturated rings. The van der Waals surface area contributed by atoms with Gasteiger partial charge in [0.25, 0.3) is 5.56 Å². The van der Waals surface area contributed by atoms with E-state index in [-0.39, 0.29) is 23.0 Å². The third-order valence-electron chi connectivity index (χ3n) is 4.95. The fraction of sp³-hybridized carbons (Fsp3) is 0.208. The number of amides is 1. The Labute approximate surface area is 198 Å². The molecular weight excluding hydrogens is 456 g/mol. The number of carbonyl (C=O) groups excluding carboxylic acids is 2. The first-order valence-corrected chi connectivity index (χ1v) is 12.2. The van der Waals surface area contributed by atoms with Gasteiger partial charge in [0.2, 0.25) is 5.91 Å². The Morgan fingerprint density at radius 3 is 2.73 bits per heavy atom.